The number of rotatable bonds is 7. The van der Waals surface area contributed by atoms with Gasteiger partial charge >= 0.3 is 0 Å². The molecule has 4 aliphatic rings. The normalized spacial score (nSPS) is 17.0. The lowest BCUT2D eigenvalue weighted by Crippen LogP contribution is -2.26. The van der Waals surface area contributed by atoms with Gasteiger partial charge in [-0.2, -0.15) is 0 Å². The molecular weight excluding hydrogens is 915 g/mol. The molecule has 15 rings (SSSR count). The summed E-state index contributed by atoms with van der Waals surface area (Å²) >= 11 is 0. The maximum absolute atomic E-state index is 2.54. The van der Waals surface area contributed by atoms with Crippen molar-refractivity contribution < 1.29 is 0 Å². The average Bonchev–Trinajstić information content (AvgIpc) is 4.34. The summed E-state index contributed by atoms with van der Waals surface area (Å²) in [6.07, 6.45) is 16.1. The van der Waals surface area contributed by atoms with Gasteiger partial charge in [0, 0.05) is 22.4 Å². The lowest BCUT2D eigenvalue weighted by molar-refractivity contribution is 0.394. The third-order valence-electron chi connectivity index (χ3n) is 17.6. The third-order valence-corrected chi connectivity index (χ3v) is 17.6. The summed E-state index contributed by atoms with van der Waals surface area (Å²) in [4.78, 5) is 0. The fourth-order valence-corrected chi connectivity index (χ4v) is 14.0. The second-order valence-corrected chi connectivity index (χ2v) is 22.0. The highest BCUT2D eigenvalue weighted by Crippen LogP contribution is 2.63. The van der Waals surface area contributed by atoms with Crippen LogP contribution < -0.4 is 0 Å². The summed E-state index contributed by atoms with van der Waals surface area (Å²) in [6.45, 7) is 6.90. The quantitative estimate of drug-likeness (QED) is 0.140. The van der Waals surface area contributed by atoms with E-state index in [1.165, 1.54) is 133 Å². The minimum absolute atomic E-state index is 0.0580. The Morgan fingerprint density at radius 2 is 0.855 bits per heavy atom. The van der Waals surface area contributed by atoms with Crippen LogP contribution >= 0.6 is 0 Å². The highest BCUT2D eigenvalue weighted by Gasteiger charge is 2.52. The first-order valence-corrected chi connectivity index (χ1v) is 27.0. The van der Waals surface area contributed by atoms with Gasteiger partial charge in [-0.05, 0) is 160 Å². The Labute approximate surface area is 445 Å². The number of hydrogen-bond acceptors (Lipinski definition) is 0. The van der Waals surface area contributed by atoms with Crippen LogP contribution in [-0.2, 0) is 10.8 Å². The Bertz CT molecular complexity index is 4250. The minimum atomic E-state index is -0.434. The molecule has 0 saturated heterocycles. The first kappa shape index (κ1) is 44.4. The smallest absolute Gasteiger partial charge is 0.0725 e. The molecule has 2 atom stereocenters. The number of allylic oxidation sites excluding steroid dienone is 5. The molecule has 0 N–H and O–H groups in total. The topological polar surface area (TPSA) is 4.93 Å². The van der Waals surface area contributed by atoms with E-state index in [9.17, 15) is 0 Å². The molecule has 76 heavy (non-hydrogen) atoms. The molecule has 0 fully saturated rings. The molecule has 1 aromatic heterocycles. The van der Waals surface area contributed by atoms with Crippen molar-refractivity contribution in [2.24, 2.45) is 5.92 Å². The average molecular weight is 970 g/mol. The first-order valence-electron chi connectivity index (χ1n) is 27.0. The number of nitrogens with zero attached hydrogens (tertiary/aromatic N) is 1. The Hall–Kier alpha value is -9.04. The number of hydrogen-bond donors (Lipinski definition) is 0. The fraction of sp³-hybridized carbons (Fsp3) is 0.0933. The van der Waals surface area contributed by atoms with Crippen molar-refractivity contribution in [3.8, 4) is 55.6 Å². The molecule has 0 aliphatic heterocycles. The van der Waals surface area contributed by atoms with Crippen molar-refractivity contribution in [3.05, 3.63) is 299 Å². The van der Waals surface area contributed by atoms with Crippen molar-refractivity contribution in [2.45, 2.75) is 37.5 Å². The molecule has 0 radical (unpaired) electrons. The predicted octanol–water partition coefficient (Wildman–Crippen LogP) is 19.4. The lowest BCUT2D eigenvalue weighted by atomic mass is 9.70. The fourth-order valence-electron chi connectivity index (χ4n) is 14.0. The minimum Gasteiger partial charge on any atom is -0.310 e. The Kier molecular flexibility index (Phi) is 9.94. The van der Waals surface area contributed by atoms with E-state index < -0.39 is 5.41 Å². The molecule has 10 aromatic carbocycles. The Morgan fingerprint density at radius 1 is 0.395 bits per heavy atom. The molecule has 0 bridgehead atoms. The van der Waals surface area contributed by atoms with Gasteiger partial charge in [0.2, 0.25) is 0 Å². The molecular formula is C75H55N. The number of para-hydroxylation sites is 1. The molecule has 360 valence electrons. The third kappa shape index (κ3) is 6.58. The van der Waals surface area contributed by atoms with Gasteiger partial charge in [-0.25, -0.2) is 0 Å². The predicted molar refractivity (Wildman–Crippen MR) is 321 cm³/mol. The lowest BCUT2D eigenvalue weighted by Gasteiger charge is -2.31. The first-order chi connectivity index (χ1) is 37.4. The van der Waals surface area contributed by atoms with E-state index in [-0.39, 0.29) is 5.41 Å². The monoisotopic (exact) mass is 969 g/mol. The van der Waals surface area contributed by atoms with E-state index in [0.29, 0.717) is 11.8 Å². The van der Waals surface area contributed by atoms with Gasteiger partial charge < -0.3 is 4.57 Å². The molecule has 1 heteroatoms. The van der Waals surface area contributed by atoms with Gasteiger partial charge in [0.25, 0.3) is 0 Å². The van der Waals surface area contributed by atoms with Crippen LogP contribution in [0.25, 0.3) is 101 Å². The second-order valence-electron chi connectivity index (χ2n) is 22.0. The zero-order valence-corrected chi connectivity index (χ0v) is 43.0. The van der Waals surface area contributed by atoms with Gasteiger partial charge in [-0.3, -0.25) is 0 Å². The maximum Gasteiger partial charge on any atom is 0.0725 e. The Balaban J connectivity index is 0.715. The Morgan fingerprint density at radius 3 is 1.45 bits per heavy atom. The van der Waals surface area contributed by atoms with Crippen molar-refractivity contribution in [3.63, 3.8) is 0 Å². The molecule has 0 saturated carbocycles. The SMILES string of the molecule is C/C=C/c1ccc(-c2ccc3c(c2)C2(c4ccccc4-c4ccccc42)c2cc(-c4ccc(/C=C/c5ccc(-c6ccc7c(c6)c6ccccc6n7C6=CC7C(C=C6)c6ccccc6C7(C)C)cc5)cc4)ccc2-3)cc1. The molecule has 1 nitrogen and oxygen atoms in total. The highest BCUT2D eigenvalue weighted by atomic mass is 15.0. The molecule has 0 amide bonds. The van der Waals surface area contributed by atoms with E-state index in [1.54, 1.807) is 0 Å². The largest absolute Gasteiger partial charge is 0.310 e. The van der Waals surface area contributed by atoms with Gasteiger partial charge in [0.15, 0.2) is 0 Å². The van der Waals surface area contributed by atoms with Crippen LogP contribution in [0.5, 0.6) is 0 Å². The summed E-state index contributed by atoms with van der Waals surface area (Å²) in [5.74, 6) is 0.811. The van der Waals surface area contributed by atoms with Gasteiger partial charge in [0.1, 0.15) is 0 Å². The second kappa shape index (κ2) is 17.0. The van der Waals surface area contributed by atoms with Crippen LogP contribution in [0, 0.1) is 5.92 Å². The highest BCUT2D eigenvalue weighted by molar-refractivity contribution is 6.11. The summed E-state index contributed by atoms with van der Waals surface area (Å²) in [7, 11) is 0. The van der Waals surface area contributed by atoms with E-state index >= 15 is 0 Å². The van der Waals surface area contributed by atoms with Crippen LogP contribution in [0.3, 0.4) is 0 Å². The molecule has 2 unspecified atom stereocenters. The maximum atomic E-state index is 2.54. The van der Waals surface area contributed by atoms with Crippen LogP contribution in [0.2, 0.25) is 0 Å². The van der Waals surface area contributed by atoms with Crippen LogP contribution in [0.15, 0.2) is 249 Å². The van der Waals surface area contributed by atoms with Gasteiger partial charge in [-0.15, -0.1) is 0 Å². The molecule has 4 aliphatic carbocycles. The van der Waals surface area contributed by atoms with Crippen molar-refractivity contribution in [1.82, 2.24) is 4.57 Å². The number of benzene rings is 10. The van der Waals surface area contributed by atoms with Crippen LogP contribution in [-0.4, -0.2) is 4.57 Å². The van der Waals surface area contributed by atoms with Crippen molar-refractivity contribution in [1.29, 1.82) is 0 Å². The molecule has 1 spiro atoms. The number of fused-ring (bicyclic) bond motifs is 16. The van der Waals surface area contributed by atoms with Crippen LogP contribution in [0.1, 0.15) is 76.8 Å². The zero-order chi connectivity index (χ0) is 50.7. The molecule has 11 aromatic rings. The standard InChI is InChI=1S/C75H55N/c1-4-13-48-24-30-52(31-25-48)55-36-40-62-63-41-37-56(46-71(63)75(70(62)45-55)67-19-10-6-15-59(67)60-16-7-11-20-68(60)75)53-34-28-50(29-35-53)23-22-49-26-32-51(33-27-49)54-38-43-73-65(44-54)64-17-8-12-21-72(64)76(73)57-39-42-61-58-14-5-9-18-66(58)74(2,3)69(61)47-57/h4-47,61,69H,1-3H3/b13-4+,23-22+. The van der Waals surface area contributed by atoms with Gasteiger partial charge in [0.05, 0.1) is 16.4 Å². The van der Waals surface area contributed by atoms with Crippen LogP contribution in [0.4, 0.5) is 0 Å². The summed E-state index contributed by atoms with van der Waals surface area (Å²) in [5, 5.41) is 2.56. The van der Waals surface area contributed by atoms with E-state index in [2.05, 4.69) is 292 Å². The van der Waals surface area contributed by atoms with Crippen molar-refractivity contribution >= 4 is 45.7 Å². The number of aromatic nitrogens is 1. The summed E-state index contributed by atoms with van der Waals surface area (Å²) < 4.78 is 2.48. The van der Waals surface area contributed by atoms with E-state index in [0.717, 1.165) is 0 Å². The summed E-state index contributed by atoms with van der Waals surface area (Å²) in [6, 6.07) is 84.5. The van der Waals surface area contributed by atoms with Gasteiger partial charge in [-0.1, -0.05) is 244 Å². The zero-order valence-electron chi connectivity index (χ0n) is 43.0. The van der Waals surface area contributed by atoms with E-state index in [4.69, 9.17) is 0 Å². The summed E-state index contributed by atoms with van der Waals surface area (Å²) in [5.41, 5.74) is 27.9. The van der Waals surface area contributed by atoms with Crippen molar-refractivity contribution in [2.75, 3.05) is 0 Å². The molecule has 1 heterocycles. The van der Waals surface area contributed by atoms with E-state index in [1.807, 2.05) is 0 Å².